The lowest BCUT2D eigenvalue weighted by Crippen LogP contribution is -1.93. The minimum Gasteiger partial charge on any atom is -0.229 e. The molecule has 0 saturated heterocycles. The molecule has 0 amide bonds. The highest BCUT2D eigenvalue weighted by molar-refractivity contribution is 7.46. The largest absolute Gasteiger partial charge is 0.229 e. The van der Waals surface area contributed by atoms with E-state index in [1.807, 2.05) is 37.1 Å². The van der Waals surface area contributed by atoms with Gasteiger partial charge < -0.3 is 0 Å². The molecule has 1 aromatic carbocycles. The smallest absolute Gasteiger partial charge is 0.178 e. The molecule has 0 aliphatic rings. The van der Waals surface area contributed by atoms with Gasteiger partial charge in [0.25, 0.3) is 0 Å². The van der Waals surface area contributed by atoms with Gasteiger partial charge in [-0.1, -0.05) is 62.6 Å². The highest BCUT2D eigenvalue weighted by atomic mass is 31.1. The summed E-state index contributed by atoms with van der Waals surface area (Å²) in [7, 11) is 0.737. The van der Waals surface area contributed by atoms with E-state index in [0.29, 0.717) is 6.42 Å². The van der Waals surface area contributed by atoms with Crippen LogP contribution in [0.5, 0.6) is 0 Å². The first-order chi connectivity index (χ1) is 11.5. The number of rotatable bonds is 7. The van der Waals surface area contributed by atoms with E-state index in [-0.39, 0.29) is 5.83 Å². The van der Waals surface area contributed by atoms with E-state index in [0.717, 1.165) is 25.3 Å². The molecule has 1 rings (SSSR count). The van der Waals surface area contributed by atoms with E-state index in [4.69, 9.17) is 6.42 Å². The number of allylic oxidation sites excluding steroid dienone is 8. The number of hydrogen-bond acceptors (Lipinski definition) is 0. The molecule has 24 heavy (non-hydrogen) atoms. The number of benzene rings is 1. The molecule has 126 valence electrons. The molecule has 0 aliphatic heterocycles. The lowest BCUT2D eigenvalue weighted by molar-refractivity contribution is 0.481. The molecule has 2 atom stereocenters. The summed E-state index contributed by atoms with van der Waals surface area (Å²) in [6.45, 7) is 5.49. The van der Waals surface area contributed by atoms with Gasteiger partial charge in [0.2, 0.25) is 0 Å². The van der Waals surface area contributed by atoms with Gasteiger partial charge in [0.05, 0.1) is 5.83 Å². The van der Waals surface area contributed by atoms with Gasteiger partial charge in [-0.25, -0.2) is 8.78 Å². The Kier molecular flexibility index (Phi) is 8.98. The lowest BCUT2D eigenvalue weighted by atomic mass is 10.0. The van der Waals surface area contributed by atoms with Crippen LogP contribution in [0.1, 0.15) is 25.8 Å². The van der Waals surface area contributed by atoms with Crippen molar-refractivity contribution in [2.75, 3.05) is 6.66 Å². The van der Waals surface area contributed by atoms with Crippen molar-refractivity contribution in [3.63, 3.8) is 0 Å². The third kappa shape index (κ3) is 7.53. The van der Waals surface area contributed by atoms with Crippen LogP contribution in [0.25, 0.3) is 5.57 Å². The zero-order valence-corrected chi connectivity index (χ0v) is 15.3. The Morgan fingerprint density at radius 1 is 1.25 bits per heavy atom. The van der Waals surface area contributed by atoms with Gasteiger partial charge in [0, 0.05) is 0 Å². The fraction of sp³-hybridized carbons (Fsp3) is 0.238. The summed E-state index contributed by atoms with van der Waals surface area (Å²) in [5.74, 6) is 1.76. The van der Waals surface area contributed by atoms with Crippen LogP contribution in [0.2, 0.25) is 0 Å². The molecule has 0 saturated carbocycles. The predicted octanol–water partition coefficient (Wildman–Crippen LogP) is 5.74. The molecule has 0 N–H and O–H groups in total. The van der Waals surface area contributed by atoms with E-state index in [1.54, 1.807) is 6.08 Å². The van der Waals surface area contributed by atoms with Gasteiger partial charge in [-0.2, -0.15) is 0 Å². The fourth-order valence-corrected chi connectivity index (χ4v) is 2.50. The maximum Gasteiger partial charge on any atom is 0.178 e. The van der Waals surface area contributed by atoms with Gasteiger partial charge in [-0.15, -0.1) is 6.42 Å². The van der Waals surface area contributed by atoms with Gasteiger partial charge in [0.1, 0.15) is 0 Å². The standard InChI is InChI=1S/C21H23F2P/c1-5-20(23)8-6-7-16(2)9-10-19(15-17(3)22)18-11-13-21(24-4)14-12-18/h1,6,8-15,20,24H,7H2,2-4H3/b8-6-,16-9+,17-15+,19-10+/t20-/m0/s1. The highest BCUT2D eigenvalue weighted by Crippen LogP contribution is 2.19. The molecular formula is C21H23F2P. The first-order valence-electron chi connectivity index (χ1n) is 7.72. The van der Waals surface area contributed by atoms with Crippen LogP contribution in [0, 0.1) is 12.3 Å². The maximum absolute atomic E-state index is 13.4. The normalized spacial score (nSPS) is 15.2. The number of hydrogen-bond donors (Lipinski definition) is 0. The molecule has 0 radical (unpaired) electrons. The quantitative estimate of drug-likeness (QED) is 0.256. The van der Waals surface area contributed by atoms with Crippen LogP contribution in [0.3, 0.4) is 0 Å². The summed E-state index contributed by atoms with van der Waals surface area (Å²) in [4.78, 5) is 0. The highest BCUT2D eigenvalue weighted by Gasteiger charge is 2.00. The van der Waals surface area contributed by atoms with E-state index in [2.05, 4.69) is 18.8 Å². The summed E-state index contributed by atoms with van der Waals surface area (Å²) >= 11 is 0. The first kappa shape index (κ1) is 20.1. The molecule has 1 aromatic rings. The zero-order valence-electron chi connectivity index (χ0n) is 14.3. The van der Waals surface area contributed by atoms with Crippen molar-refractivity contribution in [1.29, 1.82) is 0 Å². The summed E-state index contributed by atoms with van der Waals surface area (Å²) < 4.78 is 26.3. The third-order valence-electron chi connectivity index (χ3n) is 3.31. The number of halogens is 2. The zero-order chi connectivity index (χ0) is 17.9. The maximum atomic E-state index is 13.4. The number of terminal acetylenes is 1. The molecule has 0 fully saturated rings. The van der Waals surface area contributed by atoms with Crippen molar-refractivity contribution >= 4 is 19.5 Å². The average molecular weight is 344 g/mol. The Balaban J connectivity index is 2.97. The van der Waals surface area contributed by atoms with Gasteiger partial charge in [-0.3, -0.25) is 0 Å². The van der Waals surface area contributed by atoms with E-state index < -0.39 is 6.17 Å². The molecule has 0 nitrogen and oxygen atoms in total. The van der Waals surface area contributed by atoms with Crippen LogP contribution in [-0.2, 0) is 0 Å². The predicted molar refractivity (Wildman–Crippen MR) is 104 cm³/mol. The second kappa shape index (κ2) is 10.7. The number of alkyl halides is 1. The Labute approximate surface area is 145 Å². The van der Waals surface area contributed by atoms with Crippen molar-refractivity contribution in [1.82, 2.24) is 0 Å². The molecule has 1 unspecified atom stereocenters. The van der Waals surface area contributed by atoms with Gasteiger partial charge in [0.15, 0.2) is 6.17 Å². The Bertz CT molecular complexity index is 682. The van der Waals surface area contributed by atoms with Crippen molar-refractivity contribution < 1.29 is 8.78 Å². The van der Waals surface area contributed by atoms with Crippen LogP contribution in [0.4, 0.5) is 8.78 Å². The molecule has 0 aliphatic carbocycles. The van der Waals surface area contributed by atoms with Crippen molar-refractivity contribution in [3.05, 3.63) is 71.6 Å². The van der Waals surface area contributed by atoms with Gasteiger partial charge >= 0.3 is 0 Å². The second-order valence-electron chi connectivity index (χ2n) is 5.39. The van der Waals surface area contributed by atoms with E-state index >= 15 is 0 Å². The monoisotopic (exact) mass is 344 g/mol. The van der Waals surface area contributed by atoms with E-state index in [9.17, 15) is 8.78 Å². The average Bonchev–Trinajstić information content (AvgIpc) is 2.58. The fourth-order valence-electron chi connectivity index (χ4n) is 2.00. The van der Waals surface area contributed by atoms with Crippen LogP contribution < -0.4 is 5.30 Å². The lowest BCUT2D eigenvalue weighted by Gasteiger charge is -2.04. The molecule has 0 aromatic heterocycles. The topological polar surface area (TPSA) is 0 Å². The van der Waals surface area contributed by atoms with Crippen LogP contribution in [-0.4, -0.2) is 12.8 Å². The summed E-state index contributed by atoms with van der Waals surface area (Å²) in [5, 5.41) is 1.27. The Morgan fingerprint density at radius 3 is 2.46 bits per heavy atom. The molecule has 3 heteroatoms. The minimum absolute atomic E-state index is 0.247. The van der Waals surface area contributed by atoms with Crippen molar-refractivity contribution in [2.45, 2.75) is 26.4 Å². The Morgan fingerprint density at radius 2 is 1.92 bits per heavy atom. The minimum atomic E-state index is -1.35. The molecule has 0 bridgehead atoms. The summed E-state index contributed by atoms with van der Waals surface area (Å²) in [6, 6.07) is 8.12. The molecule has 0 spiro atoms. The van der Waals surface area contributed by atoms with Crippen molar-refractivity contribution in [2.24, 2.45) is 0 Å². The first-order valence-corrected chi connectivity index (χ1v) is 9.22. The third-order valence-corrected chi connectivity index (χ3v) is 4.22. The second-order valence-corrected chi connectivity index (χ2v) is 6.47. The van der Waals surface area contributed by atoms with E-state index in [1.165, 1.54) is 24.4 Å². The van der Waals surface area contributed by atoms with Crippen LogP contribution in [0.15, 0.2) is 66.0 Å². The SMILES string of the molecule is C#C[C@H](F)/C=C\C/C(C)=C/C=C(\C=C(/C)F)c1ccc(PC)cc1. The molecule has 0 heterocycles. The van der Waals surface area contributed by atoms with Crippen LogP contribution >= 0.6 is 8.58 Å². The Hall–Kier alpha value is -1.97. The summed E-state index contributed by atoms with van der Waals surface area (Å²) in [6.07, 6.45) is 12.6. The summed E-state index contributed by atoms with van der Waals surface area (Å²) in [5.41, 5.74) is 2.80. The van der Waals surface area contributed by atoms with Crippen molar-refractivity contribution in [3.8, 4) is 12.3 Å². The molecular weight excluding hydrogens is 321 g/mol. The van der Waals surface area contributed by atoms with Gasteiger partial charge in [-0.05, 0) is 55.5 Å².